The normalized spacial score (nSPS) is 20.6. The van der Waals surface area contributed by atoms with Crippen LogP contribution in [0.25, 0.3) is 0 Å². The minimum Gasteiger partial charge on any atom is -0.377 e. The summed E-state index contributed by atoms with van der Waals surface area (Å²) in [7, 11) is 1.93. The molecule has 5 nitrogen and oxygen atoms in total. The summed E-state index contributed by atoms with van der Waals surface area (Å²) >= 11 is 0. The van der Waals surface area contributed by atoms with Crippen LogP contribution >= 0.6 is 0 Å². The van der Waals surface area contributed by atoms with Gasteiger partial charge in [-0.25, -0.2) is 9.97 Å². The highest BCUT2D eigenvalue weighted by atomic mass is 16.5. The molecule has 0 aliphatic carbocycles. The molecule has 5 heteroatoms. The maximum absolute atomic E-state index is 5.43. The average molecular weight is 236 g/mol. The number of hydrogen-bond acceptors (Lipinski definition) is 5. The van der Waals surface area contributed by atoms with Gasteiger partial charge in [-0.3, -0.25) is 0 Å². The van der Waals surface area contributed by atoms with Crippen molar-refractivity contribution in [2.75, 3.05) is 31.7 Å². The lowest BCUT2D eigenvalue weighted by Crippen LogP contribution is -2.44. The second-order valence-electron chi connectivity index (χ2n) is 4.45. The molecular weight excluding hydrogens is 216 g/mol. The highest BCUT2D eigenvalue weighted by molar-refractivity contribution is 5.34. The van der Waals surface area contributed by atoms with Gasteiger partial charge in [0.2, 0.25) is 5.95 Å². The van der Waals surface area contributed by atoms with E-state index in [0.29, 0.717) is 6.04 Å². The molecule has 0 amide bonds. The molecule has 2 rings (SSSR count). The standard InChI is InChI=1S/C12H20N4O/c1-9-6-11(7-13-3)15-12(14-9)16-4-5-17-8-10(16)2/h6,10,13H,4-5,7-8H2,1-3H3. The molecular formula is C12H20N4O. The average Bonchev–Trinajstić information content (AvgIpc) is 2.29. The molecule has 17 heavy (non-hydrogen) atoms. The minimum absolute atomic E-state index is 0.341. The molecule has 1 aromatic heterocycles. The van der Waals surface area contributed by atoms with Gasteiger partial charge < -0.3 is 15.0 Å². The van der Waals surface area contributed by atoms with Crippen LogP contribution in [0.3, 0.4) is 0 Å². The van der Waals surface area contributed by atoms with Gasteiger partial charge in [-0.2, -0.15) is 0 Å². The van der Waals surface area contributed by atoms with E-state index in [-0.39, 0.29) is 0 Å². The maximum atomic E-state index is 5.43. The molecule has 1 atom stereocenters. The third kappa shape index (κ3) is 2.92. The van der Waals surface area contributed by atoms with Crippen LogP contribution in [0.2, 0.25) is 0 Å². The van der Waals surface area contributed by atoms with Crippen LogP contribution in [-0.2, 0) is 11.3 Å². The molecule has 1 aliphatic heterocycles. The van der Waals surface area contributed by atoms with Gasteiger partial charge >= 0.3 is 0 Å². The molecule has 0 bridgehead atoms. The van der Waals surface area contributed by atoms with Crippen molar-refractivity contribution < 1.29 is 4.74 Å². The molecule has 1 unspecified atom stereocenters. The summed E-state index contributed by atoms with van der Waals surface area (Å²) in [4.78, 5) is 11.3. The number of anilines is 1. The first-order valence-electron chi connectivity index (χ1n) is 6.04. The Morgan fingerprint density at radius 2 is 2.35 bits per heavy atom. The molecule has 0 spiro atoms. The monoisotopic (exact) mass is 236 g/mol. The van der Waals surface area contributed by atoms with Gasteiger partial charge in [0.05, 0.1) is 24.9 Å². The van der Waals surface area contributed by atoms with Crippen molar-refractivity contribution in [3.8, 4) is 0 Å². The fraction of sp³-hybridized carbons (Fsp3) is 0.667. The second-order valence-corrected chi connectivity index (χ2v) is 4.45. The Bertz CT molecular complexity index is 383. The summed E-state index contributed by atoms with van der Waals surface area (Å²) in [5, 5.41) is 3.12. The zero-order valence-electron chi connectivity index (χ0n) is 10.7. The van der Waals surface area contributed by atoms with Crippen LogP contribution in [0.1, 0.15) is 18.3 Å². The van der Waals surface area contributed by atoms with Gasteiger partial charge in [-0.05, 0) is 27.0 Å². The van der Waals surface area contributed by atoms with Gasteiger partial charge in [0, 0.05) is 18.8 Å². The summed E-state index contributed by atoms with van der Waals surface area (Å²) in [6.07, 6.45) is 0. The Kier molecular flexibility index (Phi) is 3.91. The number of aryl methyl sites for hydroxylation is 1. The lowest BCUT2D eigenvalue weighted by Gasteiger charge is -2.33. The maximum Gasteiger partial charge on any atom is 0.226 e. The third-order valence-corrected chi connectivity index (χ3v) is 2.88. The molecule has 94 valence electrons. The van der Waals surface area contributed by atoms with Crippen molar-refractivity contribution >= 4 is 5.95 Å². The summed E-state index contributed by atoms with van der Waals surface area (Å²) < 4.78 is 5.43. The number of morpholine rings is 1. The van der Waals surface area contributed by atoms with Crippen LogP contribution in [0.5, 0.6) is 0 Å². The highest BCUT2D eigenvalue weighted by Crippen LogP contribution is 2.16. The van der Waals surface area contributed by atoms with Gasteiger partial charge in [0.1, 0.15) is 0 Å². The Morgan fingerprint density at radius 1 is 1.53 bits per heavy atom. The predicted octanol–water partition coefficient (Wildman–Crippen LogP) is 0.730. The van der Waals surface area contributed by atoms with E-state index in [1.54, 1.807) is 0 Å². The number of hydrogen-bond donors (Lipinski definition) is 1. The lowest BCUT2D eigenvalue weighted by molar-refractivity contribution is 0.0980. The summed E-state index contributed by atoms with van der Waals surface area (Å²) in [6, 6.07) is 2.36. The minimum atomic E-state index is 0.341. The number of aromatic nitrogens is 2. The summed E-state index contributed by atoms with van der Waals surface area (Å²) in [5.74, 6) is 0.825. The van der Waals surface area contributed by atoms with Gasteiger partial charge in [0.15, 0.2) is 0 Å². The fourth-order valence-corrected chi connectivity index (χ4v) is 2.04. The lowest BCUT2D eigenvalue weighted by atomic mass is 10.2. The zero-order chi connectivity index (χ0) is 12.3. The van der Waals surface area contributed by atoms with E-state index < -0.39 is 0 Å². The Labute approximate surface area is 102 Å². The predicted molar refractivity (Wildman–Crippen MR) is 67.2 cm³/mol. The van der Waals surface area contributed by atoms with Crippen molar-refractivity contribution in [2.24, 2.45) is 0 Å². The van der Waals surface area contributed by atoms with E-state index in [4.69, 9.17) is 4.74 Å². The number of nitrogens with one attached hydrogen (secondary N) is 1. The van der Waals surface area contributed by atoms with Gasteiger partial charge in [-0.15, -0.1) is 0 Å². The molecule has 0 radical (unpaired) electrons. The SMILES string of the molecule is CNCc1cc(C)nc(N2CCOCC2C)n1. The number of nitrogens with zero attached hydrogens (tertiary/aromatic N) is 3. The quantitative estimate of drug-likeness (QED) is 0.838. The first-order valence-corrected chi connectivity index (χ1v) is 6.04. The van der Waals surface area contributed by atoms with Gasteiger partial charge in [-0.1, -0.05) is 0 Å². The third-order valence-electron chi connectivity index (χ3n) is 2.88. The van der Waals surface area contributed by atoms with Crippen molar-refractivity contribution in [2.45, 2.75) is 26.4 Å². The highest BCUT2D eigenvalue weighted by Gasteiger charge is 2.21. The Hall–Kier alpha value is -1.20. The van der Waals surface area contributed by atoms with Crippen molar-refractivity contribution in [3.05, 3.63) is 17.5 Å². The molecule has 1 aromatic rings. The zero-order valence-corrected chi connectivity index (χ0v) is 10.7. The topological polar surface area (TPSA) is 50.3 Å². The summed E-state index contributed by atoms with van der Waals surface area (Å²) in [6.45, 7) is 7.29. The van der Waals surface area contributed by atoms with Crippen LogP contribution in [-0.4, -0.2) is 42.8 Å². The van der Waals surface area contributed by atoms with Crippen molar-refractivity contribution in [1.82, 2.24) is 15.3 Å². The van der Waals surface area contributed by atoms with E-state index in [2.05, 4.69) is 27.1 Å². The van der Waals surface area contributed by atoms with Crippen molar-refractivity contribution in [1.29, 1.82) is 0 Å². The molecule has 0 aromatic carbocycles. The Balaban J connectivity index is 2.24. The molecule has 2 heterocycles. The van der Waals surface area contributed by atoms with Crippen LogP contribution < -0.4 is 10.2 Å². The van der Waals surface area contributed by atoms with E-state index >= 15 is 0 Å². The van der Waals surface area contributed by atoms with Crippen molar-refractivity contribution in [3.63, 3.8) is 0 Å². The number of ether oxygens (including phenoxy) is 1. The van der Waals surface area contributed by atoms with E-state index in [0.717, 1.165) is 43.6 Å². The van der Waals surface area contributed by atoms with E-state index in [9.17, 15) is 0 Å². The largest absolute Gasteiger partial charge is 0.377 e. The fourth-order valence-electron chi connectivity index (χ4n) is 2.04. The number of rotatable bonds is 3. The Morgan fingerprint density at radius 3 is 3.06 bits per heavy atom. The molecule has 1 saturated heterocycles. The molecule has 1 N–H and O–H groups in total. The van der Waals surface area contributed by atoms with E-state index in [1.165, 1.54) is 0 Å². The van der Waals surface area contributed by atoms with Crippen LogP contribution in [0.4, 0.5) is 5.95 Å². The van der Waals surface area contributed by atoms with Crippen LogP contribution in [0, 0.1) is 6.92 Å². The summed E-state index contributed by atoms with van der Waals surface area (Å²) in [5.41, 5.74) is 2.05. The molecule has 0 saturated carbocycles. The van der Waals surface area contributed by atoms with E-state index in [1.807, 2.05) is 20.0 Å². The van der Waals surface area contributed by atoms with Gasteiger partial charge in [0.25, 0.3) is 0 Å². The van der Waals surface area contributed by atoms with Crippen LogP contribution in [0.15, 0.2) is 6.07 Å². The molecule has 1 aliphatic rings. The molecule has 1 fully saturated rings. The first-order chi connectivity index (χ1) is 8.20. The second kappa shape index (κ2) is 5.42. The first kappa shape index (κ1) is 12.3. The smallest absolute Gasteiger partial charge is 0.226 e.